The van der Waals surface area contributed by atoms with Gasteiger partial charge in [-0.05, 0) is 55.9 Å². The van der Waals surface area contributed by atoms with Crippen molar-refractivity contribution in [2.24, 2.45) is 0 Å². The Morgan fingerprint density at radius 2 is 1.57 bits per heavy atom. The van der Waals surface area contributed by atoms with E-state index < -0.39 is 40.5 Å². The predicted molar refractivity (Wildman–Crippen MR) is 156 cm³/mol. The second-order valence-corrected chi connectivity index (χ2v) is 12.1. The van der Waals surface area contributed by atoms with Crippen LogP contribution in [0.1, 0.15) is 59.6 Å². The highest BCUT2D eigenvalue weighted by molar-refractivity contribution is 5.97. The zero-order valence-electron chi connectivity index (χ0n) is 24.4. The van der Waals surface area contributed by atoms with Crippen LogP contribution < -0.4 is 10.4 Å². The molecule has 0 radical (unpaired) electrons. The molecule has 220 valence electrons. The van der Waals surface area contributed by atoms with Crippen LogP contribution in [-0.2, 0) is 22.3 Å². The lowest BCUT2D eigenvalue weighted by Crippen LogP contribution is -2.84. The summed E-state index contributed by atoms with van der Waals surface area (Å²) in [6.07, 6.45) is 2.76. The molecule has 6 rings (SSSR count). The molecule has 2 amide bonds. The number of ether oxygens (including phenoxy) is 2. The Labute approximate surface area is 244 Å². The summed E-state index contributed by atoms with van der Waals surface area (Å²) in [5.74, 6) is -1.11. The van der Waals surface area contributed by atoms with Crippen LogP contribution >= 0.6 is 0 Å². The summed E-state index contributed by atoms with van der Waals surface area (Å²) in [4.78, 5) is 43.3. The molecule has 0 saturated carbocycles. The SMILES string of the molecule is COCCN1C(=O)c2c(O)c(=O)ccn2N(C2c3ccccc3CCc3ccccc32)C12CN(C(=O)OC(C)(C)C)C2. The summed E-state index contributed by atoms with van der Waals surface area (Å²) in [6.45, 7) is 6.18. The fourth-order valence-corrected chi connectivity index (χ4v) is 6.49. The molecule has 10 heteroatoms. The Morgan fingerprint density at radius 1 is 0.976 bits per heavy atom. The zero-order chi connectivity index (χ0) is 29.8. The Balaban J connectivity index is 1.60. The number of amides is 2. The number of pyridine rings is 1. The molecule has 1 aliphatic carbocycles. The third-order valence-corrected chi connectivity index (χ3v) is 8.33. The van der Waals surface area contributed by atoms with Crippen LogP contribution in [0.2, 0.25) is 0 Å². The number of methoxy groups -OCH3 is 1. The number of benzene rings is 2. The molecular formula is C32H36N4O6. The monoisotopic (exact) mass is 572 g/mol. The van der Waals surface area contributed by atoms with Gasteiger partial charge in [0.15, 0.2) is 17.1 Å². The molecule has 10 nitrogen and oxygen atoms in total. The number of hydrogen-bond acceptors (Lipinski definition) is 7. The van der Waals surface area contributed by atoms with Crippen LogP contribution in [0.4, 0.5) is 4.79 Å². The Bertz CT molecular complexity index is 1560. The highest BCUT2D eigenvalue weighted by Crippen LogP contribution is 2.46. The van der Waals surface area contributed by atoms with Crippen molar-refractivity contribution in [3.8, 4) is 5.75 Å². The fourth-order valence-electron chi connectivity index (χ4n) is 6.49. The van der Waals surface area contributed by atoms with Gasteiger partial charge in [-0.15, -0.1) is 0 Å². The summed E-state index contributed by atoms with van der Waals surface area (Å²) in [5, 5.41) is 13.1. The number of aromatic hydroxyl groups is 1. The van der Waals surface area contributed by atoms with E-state index in [2.05, 4.69) is 29.3 Å². The Kier molecular flexibility index (Phi) is 6.76. The maximum Gasteiger partial charge on any atom is 0.410 e. The molecule has 1 saturated heterocycles. The third-order valence-electron chi connectivity index (χ3n) is 8.33. The summed E-state index contributed by atoms with van der Waals surface area (Å²) < 4.78 is 12.7. The molecule has 1 aromatic heterocycles. The van der Waals surface area contributed by atoms with Crippen LogP contribution in [0, 0.1) is 0 Å². The summed E-state index contributed by atoms with van der Waals surface area (Å²) >= 11 is 0. The molecule has 3 aliphatic rings. The minimum absolute atomic E-state index is 0.112. The van der Waals surface area contributed by atoms with E-state index >= 15 is 0 Å². The number of aryl methyl sites for hydroxylation is 2. The van der Waals surface area contributed by atoms with E-state index in [1.807, 2.05) is 45.0 Å². The first-order valence-electron chi connectivity index (χ1n) is 14.2. The number of fused-ring (bicyclic) bond motifs is 3. The van der Waals surface area contributed by atoms with Gasteiger partial charge in [0.05, 0.1) is 25.7 Å². The first kappa shape index (κ1) is 27.8. The standard InChI is InChI=1S/C32H36N4O6/c1-31(2,3)42-30(40)33-19-32(20-33)34(17-18-41-4)29(39)27-28(38)25(37)15-16-35(27)36(32)26-23-11-7-5-9-21(23)13-14-22-10-6-8-12-24(22)26/h5-12,15-16,26,38H,13-14,17-20H2,1-4H3. The van der Waals surface area contributed by atoms with Crippen LogP contribution in [0.5, 0.6) is 5.75 Å². The van der Waals surface area contributed by atoms with Gasteiger partial charge in [0.2, 0.25) is 5.43 Å². The smallest absolute Gasteiger partial charge is 0.410 e. The van der Waals surface area contributed by atoms with E-state index in [1.54, 1.807) is 27.8 Å². The highest BCUT2D eigenvalue weighted by Gasteiger charge is 2.62. The minimum atomic E-state index is -1.03. The molecular weight excluding hydrogens is 536 g/mol. The van der Waals surface area contributed by atoms with E-state index in [1.165, 1.54) is 17.2 Å². The van der Waals surface area contributed by atoms with Gasteiger partial charge in [-0.25, -0.2) is 4.79 Å². The number of carbonyl (C=O) groups is 2. The normalized spacial score (nSPS) is 17.7. The van der Waals surface area contributed by atoms with E-state index in [0.717, 1.165) is 24.0 Å². The molecule has 1 N–H and O–H groups in total. The first-order valence-corrected chi connectivity index (χ1v) is 14.2. The average Bonchev–Trinajstić information content (AvgIpc) is 3.09. The lowest BCUT2D eigenvalue weighted by molar-refractivity contribution is -0.0785. The quantitative estimate of drug-likeness (QED) is 0.511. The third kappa shape index (κ3) is 4.41. The average molecular weight is 573 g/mol. The molecule has 2 aromatic carbocycles. The molecule has 3 aromatic rings. The van der Waals surface area contributed by atoms with Crippen molar-refractivity contribution in [3.63, 3.8) is 0 Å². The molecule has 42 heavy (non-hydrogen) atoms. The second kappa shape index (κ2) is 10.2. The van der Waals surface area contributed by atoms with Gasteiger partial charge in [-0.2, -0.15) is 0 Å². The van der Waals surface area contributed by atoms with Gasteiger partial charge in [-0.1, -0.05) is 48.5 Å². The lowest BCUT2D eigenvalue weighted by atomic mass is 9.87. The zero-order valence-corrected chi connectivity index (χ0v) is 24.4. The van der Waals surface area contributed by atoms with E-state index in [0.29, 0.717) is 0 Å². The molecule has 1 fully saturated rings. The molecule has 3 heterocycles. The Morgan fingerprint density at radius 3 is 2.14 bits per heavy atom. The van der Waals surface area contributed by atoms with Crippen LogP contribution in [0.3, 0.4) is 0 Å². The van der Waals surface area contributed by atoms with Crippen LogP contribution in [0.15, 0.2) is 65.6 Å². The van der Waals surface area contributed by atoms with E-state index in [9.17, 15) is 19.5 Å². The second-order valence-electron chi connectivity index (χ2n) is 12.1. The fraction of sp³-hybridized carbons (Fsp3) is 0.406. The summed E-state index contributed by atoms with van der Waals surface area (Å²) in [5.41, 5.74) is 1.99. The van der Waals surface area contributed by atoms with Gasteiger partial charge in [0.1, 0.15) is 5.60 Å². The van der Waals surface area contributed by atoms with Crippen molar-refractivity contribution in [1.29, 1.82) is 0 Å². The molecule has 0 unspecified atom stereocenters. The van der Waals surface area contributed by atoms with E-state index in [-0.39, 0.29) is 31.9 Å². The van der Waals surface area contributed by atoms with Crippen molar-refractivity contribution in [3.05, 3.63) is 99.0 Å². The minimum Gasteiger partial charge on any atom is -0.502 e. The van der Waals surface area contributed by atoms with Crippen molar-refractivity contribution in [2.75, 3.05) is 38.4 Å². The molecule has 0 bridgehead atoms. The van der Waals surface area contributed by atoms with E-state index in [4.69, 9.17) is 9.47 Å². The van der Waals surface area contributed by atoms with Gasteiger partial charge in [-0.3, -0.25) is 24.2 Å². The first-order chi connectivity index (χ1) is 20.1. The topological polar surface area (TPSA) is 105 Å². The molecule has 0 atom stereocenters. The van der Waals surface area contributed by atoms with Gasteiger partial charge >= 0.3 is 6.09 Å². The number of aromatic nitrogens is 1. The number of rotatable bonds is 4. The van der Waals surface area contributed by atoms with Gasteiger partial charge < -0.3 is 19.5 Å². The van der Waals surface area contributed by atoms with Crippen LogP contribution in [0.25, 0.3) is 0 Å². The van der Waals surface area contributed by atoms with Gasteiger partial charge in [0, 0.05) is 25.9 Å². The lowest BCUT2D eigenvalue weighted by Gasteiger charge is -2.64. The number of nitrogens with zero attached hydrogens (tertiary/aromatic N) is 4. The van der Waals surface area contributed by atoms with Crippen molar-refractivity contribution in [1.82, 2.24) is 14.5 Å². The van der Waals surface area contributed by atoms with Crippen molar-refractivity contribution in [2.45, 2.75) is 50.9 Å². The maximum atomic E-state index is 14.2. The summed E-state index contributed by atoms with van der Waals surface area (Å²) in [6, 6.07) is 17.4. The number of likely N-dealkylation sites (tertiary alicyclic amines) is 1. The van der Waals surface area contributed by atoms with Crippen molar-refractivity contribution >= 4 is 12.0 Å². The largest absolute Gasteiger partial charge is 0.502 e. The Hall–Kier alpha value is -4.31. The maximum absolute atomic E-state index is 14.2. The number of carbonyl (C=O) groups excluding carboxylic acids is 2. The predicted octanol–water partition coefficient (Wildman–Crippen LogP) is 3.43. The van der Waals surface area contributed by atoms with Crippen molar-refractivity contribution < 1.29 is 24.2 Å². The highest BCUT2D eigenvalue weighted by atomic mass is 16.6. The number of hydrogen-bond donors (Lipinski definition) is 1. The summed E-state index contributed by atoms with van der Waals surface area (Å²) in [7, 11) is 1.56. The molecule has 2 aliphatic heterocycles. The van der Waals surface area contributed by atoms with Crippen LogP contribution in [-0.4, -0.2) is 76.2 Å². The van der Waals surface area contributed by atoms with Gasteiger partial charge in [0.25, 0.3) is 5.91 Å². The molecule has 1 spiro atoms.